The number of para-hydroxylation sites is 1. The SMILES string of the molecule is Cc1ccc(C)c(-n2c(SCC(=O)N(c3ccccc3)C(C)C)nc3sc4c(c3c2=O)CCC(C)C4)c1. The van der Waals surface area contributed by atoms with Gasteiger partial charge in [-0.15, -0.1) is 11.3 Å². The Kier molecular flexibility index (Phi) is 7.28. The predicted octanol–water partition coefficient (Wildman–Crippen LogP) is 6.72. The van der Waals surface area contributed by atoms with E-state index < -0.39 is 0 Å². The number of thiophene rings is 1. The van der Waals surface area contributed by atoms with Crippen LogP contribution in [0.3, 0.4) is 0 Å². The zero-order chi connectivity index (χ0) is 26.3. The van der Waals surface area contributed by atoms with Crippen LogP contribution in [0.2, 0.25) is 0 Å². The molecule has 2 aromatic heterocycles. The van der Waals surface area contributed by atoms with Gasteiger partial charge >= 0.3 is 0 Å². The lowest BCUT2D eigenvalue weighted by Gasteiger charge is -2.27. The van der Waals surface area contributed by atoms with E-state index in [1.54, 1.807) is 15.9 Å². The minimum absolute atomic E-state index is 0.00708. The van der Waals surface area contributed by atoms with Gasteiger partial charge in [0.2, 0.25) is 5.91 Å². The standard InChI is InChI=1S/C30H33N3O2S2/c1-18(2)32(22-9-7-6-8-10-22)26(34)17-36-30-31-28-27(23-14-12-20(4)16-25(23)37-28)29(35)33(30)24-15-19(3)11-13-21(24)5/h6-11,13,15,18,20H,12,14,16-17H2,1-5H3. The first-order chi connectivity index (χ1) is 17.7. The van der Waals surface area contributed by atoms with Gasteiger partial charge in [0.1, 0.15) is 4.83 Å². The number of nitrogens with zero attached hydrogens (tertiary/aromatic N) is 3. The van der Waals surface area contributed by atoms with E-state index in [2.05, 4.69) is 13.0 Å². The van der Waals surface area contributed by atoms with Gasteiger partial charge in [-0.1, -0.05) is 49.0 Å². The van der Waals surface area contributed by atoms with Gasteiger partial charge in [0.15, 0.2) is 5.16 Å². The number of rotatable bonds is 6. The van der Waals surface area contributed by atoms with Gasteiger partial charge < -0.3 is 4.90 Å². The molecule has 0 saturated carbocycles. The van der Waals surface area contributed by atoms with Crippen LogP contribution in [0.5, 0.6) is 0 Å². The number of aromatic nitrogens is 2. The Bertz CT molecular complexity index is 1520. The van der Waals surface area contributed by atoms with Crippen molar-refractivity contribution in [3.8, 4) is 5.69 Å². The molecule has 0 spiro atoms. The van der Waals surface area contributed by atoms with Crippen molar-refractivity contribution in [2.45, 2.75) is 65.1 Å². The van der Waals surface area contributed by atoms with Gasteiger partial charge in [-0.3, -0.25) is 14.2 Å². The maximum absolute atomic E-state index is 14.2. The summed E-state index contributed by atoms with van der Waals surface area (Å²) in [6.45, 7) is 10.4. The molecule has 192 valence electrons. The summed E-state index contributed by atoms with van der Waals surface area (Å²) in [5.74, 6) is 0.804. The van der Waals surface area contributed by atoms with Crippen LogP contribution in [0, 0.1) is 19.8 Å². The number of hydrogen-bond donors (Lipinski definition) is 0. The van der Waals surface area contributed by atoms with E-state index in [0.717, 1.165) is 52.0 Å². The second-order valence-corrected chi connectivity index (χ2v) is 12.4. The Morgan fingerprint density at radius 1 is 1.19 bits per heavy atom. The zero-order valence-corrected chi connectivity index (χ0v) is 23.7. The molecule has 0 aliphatic heterocycles. The molecule has 0 N–H and O–H groups in total. The lowest BCUT2D eigenvalue weighted by molar-refractivity contribution is -0.116. The third kappa shape index (κ3) is 4.99. The molecule has 7 heteroatoms. The topological polar surface area (TPSA) is 55.2 Å². The molecular weight excluding hydrogens is 498 g/mol. The lowest BCUT2D eigenvalue weighted by Crippen LogP contribution is -2.38. The van der Waals surface area contributed by atoms with Gasteiger partial charge in [-0.25, -0.2) is 4.98 Å². The number of thioether (sulfide) groups is 1. The Labute approximate surface area is 226 Å². The molecule has 1 aliphatic rings. The van der Waals surface area contributed by atoms with E-state index in [1.165, 1.54) is 22.2 Å². The van der Waals surface area contributed by atoms with Crippen molar-refractivity contribution >= 4 is 44.9 Å². The normalized spacial score (nSPS) is 15.2. The number of fused-ring (bicyclic) bond motifs is 3. The van der Waals surface area contributed by atoms with Gasteiger partial charge in [0.25, 0.3) is 5.56 Å². The van der Waals surface area contributed by atoms with Crippen LogP contribution in [0.15, 0.2) is 58.5 Å². The first kappa shape index (κ1) is 25.7. The minimum Gasteiger partial charge on any atom is -0.309 e. The fourth-order valence-electron chi connectivity index (χ4n) is 5.16. The number of aryl methyl sites for hydroxylation is 3. The fourth-order valence-corrected chi connectivity index (χ4v) is 7.44. The molecule has 0 fully saturated rings. The van der Waals surface area contributed by atoms with Gasteiger partial charge in [0.05, 0.1) is 16.8 Å². The van der Waals surface area contributed by atoms with Crippen molar-refractivity contribution < 1.29 is 4.79 Å². The van der Waals surface area contributed by atoms with E-state index in [9.17, 15) is 9.59 Å². The van der Waals surface area contributed by atoms with Crippen molar-refractivity contribution in [3.63, 3.8) is 0 Å². The third-order valence-electron chi connectivity index (χ3n) is 7.05. The van der Waals surface area contributed by atoms with Crippen LogP contribution in [0.4, 0.5) is 5.69 Å². The predicted molar refractivity (Wildman–Crippen MR) is 156 cm³/mol. The molecule has 1 unspecified atom stereocenters. The quantitative estimate of drug-likeness (QED) is 0.205. The monoisotopic (exact) mass is 531 g/mol. The Morgan fingerprint density at radius 2 is 1.95 bits per heavy atom. The molecule has 2 aromatic carbocycles. The number of hydrogen-bond acceptors (Lipinski definition) is 5. The summed E-state index contributed by atoms with van der Waals surface area (Å²) in [5, 5.41) is 1.33. The van der Waals surface area contributed by atoms with Crippen LogP contribution >= 0.6 is 23.1 Å². The van der Waals surface area contributed by atoms with Crippen LogP contribution in [0.1, 0.15) is 48.8 Å². The summed E-state index contributed by atoms with van der Waals surface area (Å²) in [5.41, 5.74) is 4.95. The zero-order valence-electron chi connectivity index (χ0n) is 22.1. The summed E-state index contributed by atoms with van der Waals surface area (Å²) in [6.07, 6.45) is 3.02. The smallest absolute Gasteiger partial charge is 0.267 e. The molecule has 0 bridgehead atoms. The summed E-state index contributed by atoms with van der Waals surface area (Å²) in [7, 11) is 0. The highest BCUT2D eigenvalue weighted by molar-refractivity contribution is 7.99. The molecule has 4 aromatic rings. The number of anilines is 1. The fraction of sp³-hybridized carbons (Fsp3) is 0.367. The van der Waals surface area contributed by atoms with Crippen LogP contribution in [-0.4, -0.2) is 27.3 Å². The van der Waals surface area contributed by atoms with Gasteiger partial charge in [-0.2, -0.15) is 0 Å². The molecule has 37 heavy (non-hydrogen) atoms. The van der Waals surface area contributed by atoms with Crippen molar-refractivity contribution in [2.75, 3.05) is 10.7 Å². The van der Waals surface area contributed by atoms with E-state index in [4.69, 9.17) is 4.98 Å². The molecule has 5 nitrogen and oxygen atoms in total. The number of benzene rings is 2. The van der Waals surface area contributed by atoms with Crippen LogP contribution in [0.25, 0.3) is 15.9 Å². The van der Waals surface area contributed by atoms with Crippen molar-refractivity contribution in [3.05, 3.63) is 80.5 Å². The molecular formula is C30H33N3O2S2. The first-order valence-electron chi connectivity index (χ1n) is 12.9. The number of amides is 1. The van der Waals surface area contributed by atoms with Crippen molar-refractivity contribution in [2.24, 2.45) is 5.92 Å². The highest BCUT2D eigenvalue weighted by Crippen LogP contribution is 2.37. The van der Waals surface area contributed by atoms with E-state index in [-0.39, 0.29) is 23.3 Å². The molecule has 1 amide bonds. The van der Waals surface area contributed by atoms with E-state index in [0.29, 0.717) is 11.1 Å². The van der Waals surface area contributed by atoms with Crippen LogP contribution in [-0.2, 0) is 17.6 Å². The van der Waals surface area contributed by atoms with E-state index in [1.807, 2.05) is 75.1 Å². The molecule has 1 atom stereocenters. The Hall–Kier alpha value is -2.90. The maximum Gasteiger partial charge on any atom is 0.267 e. The molecule has 2 heterocycles. The van der Waals surface area contributed by atoms with Crippen LogP contribution < -0.4 is 10.5 Å². The summed E-state index contributed by atoms with van der Waals surface area (Å²) in [6, 6.07) is 15.9. The highest BCUT2D eigenvalue weighted by Gasteiger charge is 2.26. The first-order valence-corrected chi connectivity index (χ1v) is 14.7. The van der Waals surface area contributed by atoms with Crippen molar-refractivity contribution in [1.29, 1.82) is 0 Å². The number of carbonyl (C=O) groups is 1. The van der Waals surface area contributed by atoms with Crippen molar-refractivity contribution in [1.82, 2.24) is 9.55 Å². The van der Waals surface area contributed by atoms with E-state index >= 15 is 0 Å². The maximum atomic E-state index is 14.2. The Morgan fingerprint density at radius 3 is 2.68 bits per heavy atom. The largest absolute Gasteiger partial charge is 0.309 e. The molecule has 0 saturated heterocycles. The lowest BCUT2D eigenvalue weighted by atomic mass is 9.89. The number of carbonyl (C=O) groups excluding carboxylic acids is 1. The Balaban J connectivity index is 1.60. The average molecular weight is 532 g/mol. The molecule has 5 rings (SSSR count). The highest BCUT2D eigenvalue weighted by atomic mass is 32.2. The third-order valence-corrected chi connectivity index (χ3v) is 9.12. The van der Waals surface area contributed by atoms with Gasteiger partial charge in [-0.05, 0) is 87.8 Å². The second kappa shape index (κ2) is 10.5. The molecule has 0 radical (unpaired) electrons. The minimum atomic E-state index is -0.0236. The second-order valence-electron chi connectivity index (χ2n) is 10.3. The summed E-state index contributed by atoms with van der Waals surface area (Å²) in [4.78, 5) is 36.6. The summed E-state index contributed by atoms with van der Waals surface area (Å²) >= 11 is 3.00. The molecule has 1 aliphatic carbocycles. The van der Waals surface area contributed by atoms with Gasteiger partial charge in [0, 0.05) is 16.6 Å². The summed E-state index contributed by atoms with van der Waals surface area (Å²) < 4.78 is 1.75. The average Bonchev–Trinajstić information content (AvgIpc) is 3.22.